The third kappa shape index (κ3) is 3.45. The Hall–Kier alpha value is -2.74. The van der Waals surface area contributed by atoms with Crippen LogP contribution in [0.3, 0.4) is 0 Å². The van der Waals surface area contributed by atoms with Crippen LogP contribution in [0.25, 0.3) is 0 Å². The molecule has 0 fully saturated rings. The van der Waals surface area contributed by atoms with Gasteiger partial charge in [0.15, 0.2) is 11.5 Å². The van der Waals surface area contributed by atoms with Crippen molar-refractivity contribution in [1.29, 1.82) is 0 Å². The fourth-order valence-corrected chi connectivity index (χ4v) is 3.81. The average Bonchev–Trinajstić information content (AvgIpc) is 3.08. The molecule has 2 aromatic carbocycles. The van der Waals surface area contributed by atoms with Crippen LogP contribution >= 0.6 is 0 Å². The maximum atomic E-state index is 12.2. The van der Waals surface area contributed by atoms with Gasteiger partial charge in [0, 0.05) is 12.0 Å². The van der Waals surface area contributed by atoms with Crippen molar-refractivity contribution in [2.24, 2.45) is 5.10 Å². The molecule has 0 saturated heterocycles. The molecule has 0 unspecified atom stereocenters. The second-order valence-electron chi connectivity index (χ2n) is 5.96. The van der Waals surface area contributed by atoms with Crippen LogP contribution in [-0.4, -0.2) is 44.1 Å². The van der Waals surface area contributed by atoms with E-state index in [1.807, 2.05) is 12.1 Å². The number of ether oxygens (including phenoxy) is 2. The van der Waals surface area contributed by atoms with E-state index in [0.29, 0.717) is 29.2 Å². The summed E-state index contributed by atoms with van der Waals surface area (Å²) in [6, 6.07) is 11.6. The Bertz CT molecular complexity index is 939. The summed E-state index contributed by atoms with van der Waals surface area (Å²) in [5.41, 5.74) is 2.12. The molecule has 138 valence electrons. The number of phenols is 1. The normalized spacial score (nSPS) is 17.1. The van der Waals surface area contributed by atoms with Gasteiger partial charge in [-0.05, 0) is 35.9 Å². The highest BCUT2D eigenvalue weighted by Gasteiger charge is 2.34. The van der Waals surface area contributed by atoms with Crippen molar-refractivity contribution >= 4 is 15.7 Å². The Balaban J connectivity index is 1.99. The third-order valence-corrected chi connectivity index (χ3v) is 5.24. The van der Waals surface area contributed by atoms with E-state index < -0.39 is 16.1 Å². The molecule has 0 aromatic heterocycles. The van der Waals surface area contributed by atoms with Crippen LogP contribution in [0.5, 0.6) is 17.2 Å². The summed E-state index contributed by atoms with van der Waals surface area (Å²) >= 11 is 0. The van der Waals surface area contributed by atoms with Crippen molar-refractivity contribution in [1.82, 2.24) is 4.41 Å². The number of sulfonamides is 1. The zero-order valence-electron chi connectivity index (χ0n) is 14.7. The fraction of sp³-hybridized carbons (Fsp3) is 0.278. The average molecular weight is 376 g/mol. The zero-order chi connectivity index (χ0) is 18.9. The lowest BCUT2D eigenvalue weighted by Crippen LogP contribution is -2.25. The van der Waals surface area contributed by atoms with Crippen molar-refractivity contribution in [3.05, 3.63) is 53.6 Å². The van der Waals surface area contributed by atoms with Gasteiger partial charge in [-0.1, -0.05) is 12.1 Å². The fourth-order valence-electron chi connectivity index (χ4n) is 2.90. The van der Waals surface area contributed by atoms with Gasteiger partial charge in [-0.25, -0.2) is 8.42 Å². The van der Waals surface area contributed by atoms with Crippen LogP contribution in [0.15, 0.2) is 47.6 Å². The number of hydrogen-bond donors (Lipinski definition) is 1. The maximum Gasteiger partial charge on any atom is 0.247 e. The lowest BCUT2D eigenvalue weighted by molar-refractivity contribution is 0.373. The minimum atomic E-state index is -3.55. The maximum absolute atomic E-state index is 12.2. The molecule has 1 aliphatic heterocycles. The number of hydrogen-bond acceptors (Lipinski definition) is 6. The van der Waals surface area contributed by atoms with Crippen LogP contribution in [0, 0.1) is 0 Å². The molecular formula is C18H20N2O5S. The summed E-state index contributed by atoms with van der Waals surface area (Å²) in [6.07, 6.45) is 1.54. The molecule has 0 spiro atoms. The SMILES string of the molecule is COc1ccc([C@H]2CC(c3ccc(O)c(OC)c3)=NN2S(C)(=O)=O)cc1. The van der Waals surface area contributed by atoms with Crippen molar-refractivity contribution in [2.75, 3.05) is 20.5 Å². The van der Waals surface area contributed by atoms with E-state index in [0.717, 1.165) is 16.2 Å². The molecule has 0 bridgehead atoms. The predicted molar refractivity (Wildman–Crippen MR) is 98.2 cm³/mol. The Morgan fingerprint density at radius 2 is 1.81 bits per heavy atom. The Kier molecular flexibility index (Phi) is 4.78. The van der Waals surface area contributed by atoms with E-state index in [1.54, 1.807) is 31.4 Å². The van der Waals surface area contributed by atoms with E-state index in [9.17, 15) is 13.5 Å². The second-order valence-corrected chi connectivity index (χ2v) is 7.80. The molecule has 26 heavy (non-hydrogen) atoms. The topological polar surface area (TPSA) is 88.4 Å². The number of phenolic OH excluding ortho intramolecular Hbond substituents is 1. The highest BCUT2D eigenvalue weighted by molar-refractivity contribution is 7.88. The Morgan fingerprint density at radius 3 is 2.38 bits per heavy atom. The highest BCUT2D eigenvalue weighted by atomic mass is 32.2. The lowest BCUT2D eigenvalue weighted by Gasteiger charge is -2.21. The molecule has 3 rings (SSSR count). The van der Waals surface area contributed by atoms with E-state index >= 15 is 0 Å². The lowest BCUT2D eigenvalue weighted by atomic mass is 9.99. The van der Waals surface area contributed by atoms with Crippen LogP contribution < -0.4 is 9.47 Å². The molecule has 1 heterocycles. The van der Waals surface area contributed by atoms with Gasteiger partial charge < -0.3 is 14.6 Å². The van der Waals surface area contributed by atoms with E-state index in [4.69, 9.17) is 9.47 Å². The summed E-state index contributed by atoms with van der Waals surface area (Å²) in [5, 5.41) is 14.1. The monoisotopic (exact) mass is 376 g/mol. The van der Waals surface area contributed by atoms with Gasteiger partial charge in [0.25, 0.3) is 0 Å². The van der Waals surface area contributed by atoms with Crippen molar-refractivity contribution in [2.45, 2.75) is 12.5 Å². The molecule has 8 heteroatoms. The van der Waals surface area contributed by atoms with Crippen molar-refractivity contribution < 1.29 is 23.0 Å². The smallest absolute Gasteiger partial charge is 0.247 e. The summed E-state index contributed by atoms with van der Waals surface area (Å²) in [4.78, 5) is 0. The molecule has 0 radical (unpaired) electrons. The Labute approximate surface area is 152 Å². The van der Waals surface area contributed by atoms with Gasteiger partial charge >= 0.3 is 0 Å². The standard InChI is InChI=1S/C18H20N2O5S/c1-24-14-7-4-12(5-8-14)16-11-15(19-20(16)26(3,22)23)13-6-9-17(21)18(10-13)25-2/h4-10,16,21H,11H2,1-3H3/t16-/m1/s1. The van der Waals surface area contributed by atoms with E-state index in [-0.39, 0.29) is 5.75 Å². The van der Waals surface area contributed by atoms with E-state index in [1.165, 1.54) is 13.2 Å². The first-order valence-corrected chi connectivity index (χ1v) is 9.76. The van der Waals surface area contributed by atoms with Crippen LogP contribution in [0.1, 0.15) is 23.6 Å². The van der Waals surface area contributed by atoms with Crippen LogP contribution in [-0.2, 0) is 10.0 Å². The van der Waals surface area contributed by atoms with Gasteiger partial charge in [0.05, 0.1) is 32.2 Å². The quantitative estimate of drug-likeness (QED) is 0.866. The molecule has 1 aliphatic rings. The molecule has 0 amide bonds. The number of methoxy groups -OCH3 is 2. The summed E-state index contributed by atoms with van der Waals surface area (Å²) < 4.78 is 35.9. The largest absolute Gasteiger partial charge is 0.504 e. The number of hydrazone groups is 1. The van der Waals surface area contributed by atoms with Gasteiger partial charge in [0.1, 0.15) is 5.75 Å². The number of nitrogens with zero attached hydrogens (tertiary/aromatic N) is 2. The Morgan fingerprint density at radius 1 is 1.12 bits per heavy atom. The first kappa shape index (κ1) is 18.1. The van der Waals surface area contributed by atoms with Crippen molar-refractivity contribution in [3.63, 3.8) is 0 Å². The molecular weight excluding hydrogens is 356 g/mol. The minimum absolute atomic E-state index is 0.0153. The molecule has 1 atom stereocenters. The minimum Gasteiger partial charge on any atom is -0.504 e. The molecule has 2 aromatic rings. The summed E-state index contributed by atoms with van der Waals surface area (Å²) in [7, 11) is -0.514. The molecule has 1 N–H and O–H groups in total. The molecule has 7 nitrogen and oxygen atoms in total. The van der Waals surface area contributed by atoms with Crippen LogP contribution in [0.4, 0.5) is 0 Å². The third-order valence-electron chi connectivity index (χ3n) is 4.23. The number of benzene rings is 2. The predicted octanol–water partition coefficient (Wildman–Crippen LogP) is 2.52. The van der Waals surface area contributed by atoms with Gasteiger partial charge in [-0.3, -0.25) is 0 Å². The number of rotatable bonds is 5. The molecule has 0 aliphatic carbocycles. The summed E-state index contributed by atoms with van der Waals surface area (Å²) in [6.45, 7) is 0. The van der Waals surface area contributed by atoms with Crippen LogP contribution in [0.2, 0.25) is 0 Å². The second kappa shape index (κ2) is 6.87. The first-order valence-electron chi connectivity index (χ1n) is 7.91. The van der Waals surface area contributed by atoms with E-state index in [2.05, 4.69) is 5.10 Å². The number of aromatic hydroxyl groups is 1. The molecule has 0 saturated carbocycles. The van der Waals surface area contributed by atoms with Crippen molar-refractivity contribution in [3.8, 4) is 17.2 Å². The van der Waals surface area contributed by atoms with Gasteiger partial charge in [0.2, 0.25) is 10.0 Å². The van der Waals surface area contributed by atoms with Gasteiger partial charge in [-0.2, -0.15) is 9.52 Å². The van der Waals surface area contributed by atoms with Gasteiger partial charge in [-0.15, -0.1) is 0 Å². The summed E-state index contributed by atoms with van der Waals surface area (Å²) in [5.74, 6) is 1.02. The zero-order valence-corrected chi connectivity index (χ0v) is 15.5. The highest BCUT2D eigenvalue weighted by Crippen LogP contribution is 2.36. The first-order chi connectivity index (χ1) is 12.3.